The van der Waals surface area contributed by atoms with Gasteiger partial charge in [0.05, 0.1) is 33.5 Å². The topological polar surface area (TPSA) is 53.7 Å². The van der Waals surface area contributed by atoms with Crippen LogP contribution in [0.4, 0.5) is 0 Å². The fraction of sp³-hybridized carbons (Fsp3) is 0.467. The van der Waals surface area contributed by atoms with Crippen molar-refractivity contribution in [3.05, 3.63) is 29.3 Å². The SMILES string of the molecule is CCOCCOCc1cc(C#CCN)ccc1OC. The highest BCUT2D eigenvalue weighted by Crippen LogP contribution is 2.20. The van der Waals surface area contributed by atoms with Crippen LogP contribution in [-0.2, 0) is 16.1 Å². The lowest BCUT2D eigenvalue weighted by Crippen LogP contribution is -2.05. The molecule has 0 aliphatic heterocycles. The normalized spacial score (nSPS) is 9.84. The molecule has 0 saturated carbocycles. The van der Waals surface area contributed by atoms with E-state index in [2.05, 4.69) is 11.8 Å². The van der Waals surface area contributed by atoms with Gasteiger partial charge >= 0.3 is 0 Å². The zero-order valence-electron chi connectivity index (χ0n) is 11.6. The zero-order valence-corrected chi connectivity index (χ0v) is 11.6. The lowest BCUT2D eigenvalue weighted by atomic mass is 10.1. The summed E-state index contributed by atoms with van der Waals surface area (Å²) in [5, 5.41) is 0. The Balaban J connectivity index is 2.62. The molecule has 0 radical (unpaired) electrons. The van der Waals surface area contributed by atoms with Gasteiger partial charge in [-0.2, -0.15) is 0 Å². The Kier molecular flexibility index (Phi) is 7.68. The van der Waals surface area contributed by atoms with Crippen molar-refractivity contribution in [3.63, 3.8) is 0 Å². The molecule has 2 N–H and O–H groups in total. The molecule has 0 aliphatic carbocycles. The van der Waals surface area contributed by atoms with E-state index in [1.54, 1.807) is 7.11 Å². The first-order valence-electron chi connectivity index (χ1n) is 6.33. The van der Waals surface area contributed by atoms with Crippen LogP contribution in [-0.4, -0.2) is 33.5 Å². The molecular formula is C15H21NO3. The Bertz CT molecular complexity index is 435. The predicted octanol–water partition coefficient (Wildman–Crippen LogP) is 1.56. The van der Waals surface area contributed by atoms with Crippen LogP contribution in [0.15, 0.2) is 18.2 Å². The van der Waals surface area contributed by atoms with Crippen molar-refractivity contribution < 1.29 is 14.2 Å². The summed E-state index contributed by atoms with van der Waals surface area (Å²) in [6, 6.07) is 5.76. The molecule has 0 fully saturated rings. The minimum atomic E-state index is 0.353. The molecule has 1 aromatic carbocycles. The summed E-state index contributed by atoms with van der Waals surface area (Å²) in [7, 11) is 1.64. The van der Waals surface area contributed by atoms with Crippen LogP contribution in [0.25, 0.3) is 0 Å². The summed E-state index contributed by atoms with van der Waals surface area (Å²) in [4.78, 5) is 0. The van der Waals surface area contributed by atoms with E-state index in [9.17, 15) is 0 Å². The maximum Gasteiger partial charge on any atom is 0.124 e. The van der Waals surface area contributed by atoms with Gasteiger partial charge in [0.2, 0.25) is 0 Å². The first-order chi connectivity index (χ1) is 9.31. The third-order valence-electron chi connectivity index (χ3n) is 2.45. The summed E-state index contributed by atoms with van der Waals surface area (Å²) in [6.45, 7) is 4.67. The summed E-state index contributed by atoms with van der Waals surface area (Å²) in [5.41, 5.74) is 7.25. The van der Waals surface area contributed by atoms with Crippen LogP contribution >= 0.6 is 0 Å². The number of methoxy groups -OCH3 is 1. The number of hydrogen-bond donors (Lipinski definition) is 1. The van der Waals surface area contributed by atoms with Crippen molar-refractivity contribution in [1.29, 1.82) is 0 Å². The molecule has 4 heteroatoms. The second-order valence-electron chi connectivity index (χ2n) is 3.78. The van der Waals surface area contributed by atoms with E-state index in [-0.39, 0.29) is 0 Å². The van der Waals surface area contributed by atoms with Gasteiger partial charge in [-0.1, -0.05) is 11.8 Å². The summed E-state index contributed by atoms with van der Waals surface area (Å²) >= 11 is 0. The molecule has 104 valence electrons. The first-order valence-corrected chi connectivity index (χ1v) is 6.33. The molecule has 1 rings (SSSR count). The van der Waals surface area contributed by atoms with Crippen LogP contribution < -0.4 is 10.5 Å². The molecule has 0 bridgehead atoms. The second-order valence-corrected chi connectivity index (χ2v) is 3.78. The molecule has 0 heterocycles. The van der Waals surface area contributed by atoms with E-state index >= 15 is 0 Å². The van der Waals surface area contributed by atoms with Gasteiger partial charge in [0.25, 0.3) is 0 Å². The van der Waals surface area contributed by atoms with Crippen molar-refractivity contribution in [3.8, 4) is 17.6 Å². The molecule has 4 nitrogen and oxygen atoms in total. The van der Waals surface area contributed by atoms with E-state index < -0.39 is 0 Å². The van der Waals surface area contributed by atoms with Crippen LogP contribution in [0.1, 0.15) is 18.1 Å². The number of rotatable bonds is 7. The van der Waals surface area contributed by atoms with Gasteiger partial charge in [-0.25, -0.2) is 0 Å². The van der Waals surface area contributed by atoms with Gasteiger partial charge in [-0.15, -0.1) is 0 Å². The Labute approximate surface area is 114 Å². The molecule has 0 amide bonds. The van der Waals surface area contributed by atoms with Gasteiger partial charge in [-0.05, 0) is 25.1 Å². The summed E-state index contributed by atoms with van der Waals surface area (Å²) in [6.07, 6.45) is 0. The van der Waals surface area contributed by atoms with E-state index in [0.717, 1.165) is 16.9 Å². The Morgan fingerprint density at radius 1 is 1.21 bits per heavy atom. The van der Waals surface area contributed by atoms with Gasteiger partial charge in [0, 0.05) is 17.7 Å². The van der Waals surface area contributed by atoms with E-state index in [1.807, 2.05) is 25.1 Å². The minimum absolute atomic E-state index is 0.353. The highest BCUT2D eigenvalue weighted by molar-refractivity contribution is 5.44. The lowest BCUT2D eigenvalue weighted by molar-refractivity contribution is 0.0446. The smallest absolute Gasteiger partial charge is 0.124 e. The van der Waals surface area contributed by atoms with Crippen molar-refractivity contribution in [2.45, 2.75) is 13.5 Å². The van der Waals surface area contributed by atoms with Crippen LogP contribution in [0.2, 0.25) is 0 Å². The maximum absolute atomic E-state index is 5.55. The van der Waals surface area contributed by atoms with E-state index in [1.165, 1.54) is 0 Å². The molecule has 19 heavy (non-hydrogen) atoms. The summed E-state index contributed by atoms with van der Waals surface area (Å²) in [5.74, 6) is 6.63. The van der Waals surface area contributed by atoms with Crippen LogP contribution in [0.5, 0.6) is 5.75 Å². The van der Waals surface area contributed by atoms with Crippen LogP contribution in [0.3, 0.4) is 0 Å². The molecule has 1 aromatic rings. The molecule has 0 spiro atoms. The number of nitrogens with two attached hydrogens (primary N) is 1. The van der Waals surface area contributed by atoms with Crippen molar-refractivity contribution in [1.82, 2.24) is 0 Å². The molecule has 0 saturated heterocycles. The van der Waals surface area contributed by atoms with Gasteiger partial charge in [-0.3, -0.25) is 0 Å². The summed E-state index contributed by atoms with van der Waals surface area (Å²) < 4.78 is 16.1. The van der Waals surface area contributed by atoms with Crippen molar-refractivity contribution >= 4 is 0 Å². The van der Waals surface area contributed by atoms with E-state index in [4.69, 9.17) is 19.9 Å². The van der Waals surface area contributed by atoms with Crippen molar-refractivity contribution in [2.75, 3.05) is 33.5 Å². The maximum atomic E-state index is 5.55. The predicted molar refractivity (Wildman–Crippen MR) is 75.1 cm³/mol. The monoisotopic (exact) mass is 263 g/mol. The fourth-order valence-corrected chi connectivity index (χ4v) is 1.57. The highest BCUT2D eigenvalue weighted by Gasteiger charge is 2.04. The second kappa shape index (κ2) is 9.40. The molecule has 0 aliphatic rings. The molecule has 0 atom stereocenters. The number of ether oxygens (including phenoxy) is 3. The van der Waals surface area contributed by atoms with Crippen molar-refractivity contribution in [2.24, 2.45) is 5.73 Å². The molecule has 0 unspecified atom stereocenters. The number of benzene rings is 1. The highest BCUT2D eigenvalue weighted by atomic mass is 16.5. The fourth-order valence-electron chi connectivity index (χ4n) is 1.57. The average Bonchev–Trinajstić information content (AvgIpc) is 2.45. The standard InChI is InChI=1S/C15H21NO3/c1-3-18-9-10-19-12-14-11-13(5-4-8-16)6-7-15(14)17-2/h6-7,11H,3,8-10,12,16H2,1-2H3. The zero-order chi connectivity index (χ0) is 13.9. The Hall–Kier alpha value is -1.54. The van der Waals surface area contributed by atoms with Gasteiger partial charge in [0.15, 0.2) is 0 Å². The average molecular weight is 263 g/mol. The quantitative estimate of drug-likeness (QED) is 0.599. The first kappa shape index (κ1) is 15.5. The molecular weight excluding hydrogens is 242 g/mol. The minimum Gasteiger partial charge on any atom is -0.496 e. The Morgan fingerprint density at radius 3 is 2.68 bits per heavy atom. The van der Waals surface area contributed by atoms with Crippen LogP contribution in [0, 0.1) is 11.8 Å². The van der Waals surface area contributed by atoms with Gasteiger partial charge < -0.3 is 19.9 Å². The lowest BCUT2D eigenvalue weighted by Gasteiger charge is -2.10. The largest absolute Gasteiger partial charge is 0.496 e. The number of hydrogen-bond acceptors (Lipinski definition) is 4. The van der Waals surface area contributed by atoms with E-state index in [0.29, 0.717) is 33.0 Å². The Morgan fingerprint density at radius 2 is 2.00 bits per heavy atom. The molecule has 0 aromatic heterocycles. The third kappa shape index (κ3) is 5.75. The van der Waals surface area contributed by atoms with Gasteiger partial charge in [0.1, 0.15) is 5.75 Å². The third-order valence-corrected chi connectivity index (χ3v) is 2.45.